The molecule has 4 heteroatoms. The number of amides is 1. The summed E-state index contributed by atoms with van der Waals surface area (Å²) >= 11 is 3.99. The molecule has 0 spiro atoms. The summed E-state index contributed by atoms with van der Waals surface area (Å²) < 4.78 is 0.558. The Morgan fingerprint density at radius 1 is 1.21 bits per heavy atom. The molecule has 0 radical (unpaired) electrons. The Kier molecular flexibility index (Phi) is 4.08. The Morgan fingerprint density at radius 3 is 2.42 bits per heavy atom. The lowest BCUT2D eigenvalue weighted by Crippen LogP contribution is -2.33. The summed E-state index contributed by atoms with van der Waals surface area (Å²) in [5.41, 5.74) is 2.11. The van der Waals surface area contributed by atoms with Crippen LogP contribution >= 0.6 is 23.5 Å². The molecule has 102 valence electrons. The first kappa shape index (κ1) is 13.4. The molecule has 19 heavy (non-hydrogen) atoms. The molecule has 1 N–H and O–H groups in total. The Balaban J connectivity index is 1.62. The maximum atomic E-state index is 12.1. The number of rotatable bonds is 4. The zero-order valence-corrected chi connectivity index (χ0v) is 12.7. The van der Waals surface area contributed by atoms with Gasteiger partial charge in [-0.15, -0.1) is 23.5 Å². The van der Waals surface area contributed by atoms with Crippen molar-refractivity contribution in [1.82, 2.24) is 5.32 Å². The topological polar surface area (TPSA) is 29.1 Å². The molecule has 1 aliphatic carbocycles. The van der Waals surface area contributed by atoms with E-state index < -0.39 is 0 Å². The molecule has 3 rings (SSSR count). The summed E-state index contributed by atoms with van der Waals surface area (Å²) in [6.45, 7) is 2.11. The Hall–Kier alpha value is -0.610. The third-order valence-corrected chi connectivity index (χ3v) is 6.86. The first-order valence-corrected chi connectivity index (χ1v) is 8.98. The fourth-order valence-electron chi connectivity index (χ4n) is 2.35. The van der Waals surface area contributed by atoms with Crippen molar-refractivity contribution < 1.29 is 4.79 Å². The highest BCUT2D eigenvalue weighted by atomic mass is 32.2. The second-order valence-corrected chi connectivity index (χ2v) is 8.02. The van der Waals surface area contributed by atoms with Gasteiger partial charge >= 0.3 is 0 Å². The molecule has 1 aromatic rings. The predicted octanol–water partition coefficient (Wildman–Crippen LogP) is 3.69. The van der Waals surface area contributed by atoms with Gasteiger partial charge in [0.25, 0.3) is 5.91 Å². The van der Waals surface area contributed by atoms with E-state index in [0.717, 1.165) is 5.56 Å². The summed E-state index contributed by atoms with van der Waals surface area (Å²) in [4.78, 5) is 12.1. The first-order valence-electron chi connectivity index (χ1n) is 6.88. The molecule has 1 saturated heterocycles. The zero-order valence-electron chi connectivity index (χ0n) is 11.1. The van der Waals surface area contributed by atoms with E-state index in [1.54, 1.807) is 0 Å². The van der Waals surface area contributed by atoms with Crippen molar-refractivity contribution in [1.29, 1.82) is 0 Å². The molecule has 0 unspecified atom stereocenters. The Labute approximate surface area is 123 Å². The summed E-state index contributed by atoms with van der Waals surface area (Å²) in [7, 11) is 0. The van der Waals surface area contributed by atoms with Crippen molar-refractivity contribution in [2.75, 3.05) is 11.5 Å². The third-order valence-electron chi connectivity index (χ3n) is 3.75. The van der Waals surface area contributed by atoms with Gasteiger partial charge in [-0.3, -0.25) is 4.79 Å². The minimum Gasteiger partial charge on any atom is -0.349 e. The number of hydrogen-bond donors (Lipinski definition) is 1. The van der Waals surface area contributed by atoms with Crippen molar-refractivity contribution in [3.63, 3.8) is 0 Å². The summed E-state index contributed by atoms with van der Waals surface area (Å²) in [5.74, 6) is 3.24. The molecule has 1 heterocycles. The van der Waals surface area contributed by atoms with Crippen LogP contribution in [-0.2, 0) is 0 Å². The fourth-order valence-corrected chi connectivity index (χ4v) is 5.21. The molecule has 1 atom stereocenters. The molecule has 2 aliphatic rings. The number of carbonyl (C=O) groups is 1. The summed E-state index contributed by atoms with van der Waals surface area (Å²) in [6, 6.07) is 8.44. The van der Waals surface area contributed by atoms with E-state index >= 15 is 0 Å². The third kappa shape index (κ3) is 3.29. The highest BCUT2D eigenvalue weighted by Crippen LogP contribution is 2.45. The van der Waals surface area contributed by atoms with Crippen LogP contribution in [0.15, 0.2) is 24.3 Å². The van der Waals surface area contributed by atoms with E-state index in [1.165, 1.54) is 29.9 Å². The normalized spacial score (nSPS) is 21.3. The first-order chi connectivity index (χ1) is 9.24. The van der Waals surface area contributed by atoms with Crippen LogP contribution in [0.2, 0.25) is 0 Å². The molecule has 0 bridgehead atoms. The minimum atomic E-state index is 0.0673. The van der Waals surface area contributed by atoms with Gasteiger partial charge in [0, 0.05) is 23.1 Å². The van der Waals surface area contributed by atoms with Gasteiger partial charge in [0.1, 0.15) is 0 Å². The zero-order chi connectivity index (χ0) is 13.2. The second kappa shape index (κ2) is 5.80. The molecule has 1 aromatic carbocycles. The van der Waals surface area contributed by atoms with Crippen LogP contribution in [0.5, 0.6) is 0 Å². The van der Waals surface area contributed by atoms with E-state index in [2.05, 4.69) is 24.4 Å². The van der Waals surface area contributed by atoms with Crippen LogP contribution in [0.4, 0.5) is 0 Å². The lowest BCUT2D eigenvalue weighted by Gasteiger charge is -2.13. The lowest BCUT2D eigenvalue weighted by atomic mass is 10.1. The number of carbonyl (C=O) groups excluding carboxylic acids is 1. The van der Waals surface area contributed by atoms with Crippen LogP contribution in [0.3, 0.4) is 0 Å². The molecule has 0 aromatic heterocycles. The lowest BCUT2D eigenvalue weighted by molar-refractivity contribution is 0.0936. The van der Waals surface area contributed by atoms with Crippen LogP contribution in [0, 0.1) is 5.92 Å². The summed E-state index contributed by atoms with van der Waals surface area (Å²) in [5, 5.41) is 3.10. The van der Waals surface area contributed by atoms with Crippen LogP contribution in [0.1, 0.15) is 40.3 Å². The smallest absolute Gasteiger partial charge is 0.251 e. The number of benzene rings is 1. The van der Waals surface area contributed by atoms with Gasteiger partial charge in [-0.05, 0) is 43.4 Å². The van der Waals surface area contributed by atoms with Crippen molar-refractivity contribution in [3.8, 4) is 0 Å². The Bertz CT molecular complexity index is 450. The van der Waals surface area contributed by atoms with Gasteiger partial charge < -0.3 is 5.32 Å². The molecule has 1 amide bonds. The number of nitrogens with one attached hydrogen (secondary N) is 1. The standard InChI is InChI=1S/C15H19NOS2/c1-10(11-2-3-11)16-14(17)12-4-6-13(7-5-12)15-18-8-9-19-15/h4-7,10-11,15H,2-3,8-9H2,1H3,(H,16,17)/t10-/m0/s1. The average molecular weight is 293 g/mol. The molecule has 1 aliphatic heterocycles. The van der Waals surface area contributed by atoms with Crippen molar-refractivity contribution in [2.24, 2.45) is 5.92 Å². The summed E-state index contributed by atoms with van der Waals surface area (Å²) in [6.07, 6.45) is 2.52. The van der Waals surface area contributed by atoms with Gasteiger partial charge in [0.05, 0.1) is 4.58 Å². The van der Waals surface area contributed by atoms with Crippen LogP contribution in [0.25, 0.3) is 0 Å². The second-order valence-electron chi connectivity index (χ2n) is 5.30. The van der Waals surface area contributed by atoms with Crippen molar-refractivity contribution in [3.05, 3.63) is 35.4 Å². The van der Waals surface area contributed by atoms with E-state index in [4.69, 9.17) is 0 Å². The van der Waals surface area contributed by atoms with Crippen LogP contribution < -0.4 is 5.32 Å². The maximum absolute atomic E-state index is 12.1. The largest absolute Gasteiger partial charge is 0.349 e. The maximum Gasteiger partial charge on any atom is 0.251 e. The molecule has 2 fully saturated rings. The van der Waals surface area contributed by atoms with E-state index in [1.807, 2.05) is 35.7 Å². The molecular formula is C15H19NOS2. The number of hydrogen-bond acceptors (Lipinski definition) is 3. The van der Waals surface area contributed by atoms with Gasteiger partial charge in [-0.1, -0.05) is 12.1 Å². The quantitative estimate of drug-likeness (QED) is 0.918. The van der Waals surface area contributed by atoms with E-state index in [-0.39, 0.29) is 5.91 Å². The highest BCUT2D eigenvalue weighted by Gasteiger charge is 2.29. The monoisotopic (exact) mass is 293 g/mol. The van der Waals surface area contributed by atoms with Gasteiger partial charge in [0.15, 0.2) is 0 Å². The Morgan fingerprint density at radius 2 is 1.84 bits per heavy atom. The van der Waals surface area contributed by atoms with Gasteiger partial charge in [0.2, 0.25) is 0 Å². The molecular weight excluding hydrogens is 274 g/mol. The predicted molar refractivity (Wildman–Crippen MR) is 83.8 cm³/mol. The molecule has 1 saturated carbocycles. The SMILES string of the molecule is C[C@H](NC(=O)c1ccc(C2SCCS2)cc1)C1CC1. The fraction of sp³-hybridized carbons (Fsp3) is 0.533. The number of thioether (sulfide) groups is 2. The van der Waals surface area contributed by atoms with Gasteiger partial charge in [-0.25, -0.2) is 0 Å². The molecule has 2 nitrogen and oxygen atoms in total. The van der Waals surface area contributed by atoms with Crippen LogP contribution in [-0.4, -0.2) is 23.5 Å². The van der Waals surface area contributed by atoms with Crippen molar-refractivity contribution >= 4 is 29.4 Å². The minimum absolute atomic E-state index is 0.0673. The van der Waals surface area contributed by atoms with E-state index in [0.29, 0.717) is 16.5 Å². The van der Waals surface area contributed by atoms with E-state index in [9.17, 15) is 4.79 Å². The van der Waals surface area contributed by atoms with Gasteiger partial charge in [-0.2, -0.15) is 0 Å². The van der Waals surface area contributed by atoms with Crippen molar-refractivity contribution in [2.45, 2.75) is 30.4 Å². The average Bonchev–Trinajstić information content (AvgIpc) is 3.14. The highest BCUT2D eigenvalue weighted by molar-refractivity contribution is 8.19.